The SMILES string of the molecule is O=[N+]([O-])c1cccc(O)c1.O=[N+]([O-])c1cccc(O)c1.[Zr]. The van der Waals surface area contributed by atoms with Crippen LogP contribution in [0, 0.1) is 20.2 Å². The molecule has 2 aromatic carbocycles. The van der Waals surface area contributed by atoms with Crippen molar-refractivity contribution in [2.24, 2.45) is 0 Å². The summed E-state index contributed by atoms with van der Waals surface area (Å²) in [6, 6.07) is 10.4. The summed E-state index contributed by atoms with van der Waals surface area (Å²) in [6.07, 6.45) is 0. The van der Waals surface area contributed by atoms with Crippen molar-refractivity contribution in [2.45, 2.75) is 0 Å². The zero-order valence-corrected chi connectivity index (χ0v) is 13.0. The molecule has 0 aliphatic rings. The Labute approximate surface area is 138 Å². The van der Waals surface area contributed by atoms with Gasteiger partial charge < -0.3 is 10.2 Å². The molecule has 0 spiro atoms. The van der Waals surface area contributed by atoms with Crippen LogP contribution in [0.15, 0.2) is 48.5 Å². The third-order valence-corrected chi connectivity index (χ3v) is 2.08. The van der Waals surface area contributed by atoms with Crippen molar-refractivity contribution in [2.75, 3.05) is 0 Å². The predicted molar refractivity (Wildman–Crippen MR) is 69.5 cm³/mol. The van der Waals surface area contributed by atoms with Crippen molar-refractivity contribution in [3.8, 4) is 11.5 Å². The van der Waals surface area contributed by atoms with E-state index in [0.29, 0.717) is 0 Å². The van der Waals surface area contributed by atoms with E-state index in [9.17, 15) is 20.2 Å². The van der Waals surface area contributed by atoms with Gasteiger partial charge in [-0.2, -0.15) is 0 Å². The molecule has 2 N–H and O–H groups in total. The average molecular weight is 369 g/mol. The normalized spacial score (nSPS) is 8.76. The molecule has 0 aliphatic heterocycles. The predicted octanol–water partition coefficient (Wildman–Crippen LogP) is 2.60. The Balaban J connectivity index is 0.000000364. The zero-order valence-electron chi connectivity index (χ0n) is 10.5. The van der Waals surface area contributed by atoms with Gasteiger partial charge in [0, 0.05) is 38.3 Å². The number of nitro benzene ring substituents is 2. The molecule has 108 valence electrons. The number of nitrogens with zero attached hydrogens (tertiary/aromatic N) is 2. The van der Waals surface area contributed by atoms with Crippen LogP contribution in [-0.4, -0.2) is 20.1 Å². The van der Waals surface area contributed by atoms with Crippen molar-refractivity contribution >= 4 is 11.4 Å². The van der Waals surface area contributed by atoms with Crippen LogP contribution in [0.4, 0.5) is 11.4 Å². The standard InChI is InChI=1S/2C6H5NO3.Zr/c2*8-6-3-1-2-5(4-6)7(9)10;/h2*1-4,8H;. The topological polar surface area (TPSA) is 127 Å². The van der Waals surface area contributed by atoms with E-state index in [0.717, 1.165) is 12.1 Å². The summed E-state index contributed by atoms with van der Waals surface area (Å²) in [5.74, 6) is -0.177. The van der Waals surface area contributed by atoms with Gasteiger partial charge in [0.2, 0.25) is 0 Å². The molecular weight excluding hydrogens is 359 g/mol. The molecule has 0 saturated heterocycles. The number of phenolic OH excluding ortho intramolecular Hbond substituents is 2. The van der Waals surface area contributed by atoms with E-state index in [-0.39, 0.29) is 49.1 Å². The van der Waals surface area contributed by atoms with Gasteiger partial charge in [0.05, 0.1) is 22.0 Å². The molecule has 0 saturated carbocycles. The number of aromatic hydroxyl groups is 2. The molecule has 8 nitrogen and oxygen atoms in total. The van der Waals surface area contributed by atoms with E-state index >= 15 is 0 Å². The fourth-order valence-corrected chi connectivity index (χ4v) is 1.21. The fraction of sp³-hybridized carbons (Fsp3) is 0. The maximum atomic E-state index is 10.0. The maximum Gasteiger partial charge on any atom is 0.273 e. The van der Waals surface area contributed by atoms with E-state index < -0.39 is 9.85 Å². The summed E-state index contributed by atoms with van der Waals surface area (Å²) >= 11 is 0. The average Bonchev–Trinajstić information content (AvgIpc) is 2.39. The summed E-state index contributed by atoms with van der Waals surface area (Å²) in [5.41, 5.74) is -0.194. The minimum atomic E-state index is -0.556. The molecule has 0 unspecified atom stereocenters. The number of hydrogen-bond acceptors (Lipinski definition) is 6. The van der Waals surface area contributed by atoms with Crippen molar-refractivity contribution in [1.82, 2.24) is 0 Å². The molecule has 0 bridgehead atoms. The first-order valence-electron chi connectivity index (χ1n) is 5.27. The van der Waals surface area contributed by atoms with E-state index in [1.54, 1.807) is 0 Å². The molecule has 2 rings (SSSR count). The molecule has 9 heteroatoms. The van der Waals surface area contributed by atoms with E-state index in [2.05, 4.69) is 0 Å². The van der Waals surface area contributed by atoms with Gasteiger partial charge in [0.15, 0.2) is 0 Å². The quantitative estimate of drug-likeness (QED) is 0.619. The van der Waals surface area contributed by atoms with E-state index in [1.165, 1.54) is 36.4 Å². The first-order valence-corrected chi connectivity index (χ1v) is 5.27. The minimum absolute atomic E-state index is 0. The van der Waals surface area contributed by atoms with Gasteiger partial charge in [0.1, 0.15) is 11.5 Å². The van der Waals surface area contributed by atoms with Crippen LogP contribution in [0.3, 0.4) is 0 Å². The van der Waals surface area contributed by atoms with E-state index in [1.807, 2.05) is 0 Å². The molecule has 2 aromatic rings. The van der Waals surface area contributed by atoms with Gasteiger partial charge in [-0.25, -0.2) is 0 Å². The monoisotopic (exact) mass is 368 g/mol. The van der Waals surface area contributed by atoms with Gasteiger partial charge in [-0.05, 0) is 12.1 Å². The molecule has 0 fully saturated rings. The van der Waals surface area contributed by atoms with Crippen molar-refractivity contribution in [3.63, 3.8) is 0 Å². The van der Waals surface area contributed by atoms with Gasteiger partial charge in [-0.1, -0.05) is 12.1 Å². The smallest absolute Gasteiger partial charge is 0.273 e. The molecule has 21 heavy (non-hydrogen) atoms. The summed E-state index contributed by atoms with van der Waals surface area (Å²) in [7, 11) is 0. The van der Waals surface area contributed by atoms with Gasteiger partial charge >= 0.3 is 0 Å². The Hall–Kier alpha value is -2.28. The first-order chi connectivity index (χ1) is 9.40. The van der Waals surface area contributed by atoms with Crippen LogP contribution < -0.4 is 0 Å². The van der Waals surface area contributed by atoms with Crippen LogP contribution in [0.1, 0.15) is 0 Å². The first kappa shape index (κ1) is 18.7. The van der Waals surface area contributed by atoms with Gasteiger partial charge in [-0.3, -0.25) is 20.2 Å². The number of rotatable bonds is 2. The second kappa shape index (κ2) is 8.81. The van der Waals surface area contributed by atoms with Crippen LogP contribution in [-0.2, 0) is 26.2 Å². The third-order valence-electron chi connectivity index (χ3n) is 2.08. The Morgan fingerprint density at radius 1 is 0.762 bits per heavy atom. The molecule has 0 radical (unpaired) electrons. The van der Waals surface area contributed by atoms with E-state index in [4.69, 9.17) is 10.2 Å². The second-order valence-corrected chi connectivity index (χ2v) is 3.55. The number of nitro groups is 2. The molecule has 0 aliphatic carbocycles. The van der Waals surface area contributed by atoms with Crippen LogP contribution in [0.2, 0.25) is 0 Å². The third kappa shape index (κ3) is 6.62. The zero-order chi connectivity index (χ0) is 15.1. The number of phenols is 2. The molecule has 0 amide bonds. The molecule has 0 aromatic heterocycles. The summed E-state index contributed by atoms with van der Waals surface area (Å²) in [5, 5.41) is 37.6. The molecular formula is C12H10N2O6Zr. The van der Waals surface area contributed by atoms with Crippen molar-refractivity contribution < 1.29 is 46.3 Å². The summed E-state index contributed by atoms with van der Waals surface area (Å²) in [6.45, 7) is 0. The van der Waals surface area contributed by atoms with Crippen molar-refractivity contribution in [3.05, 3.63) is 68.8 Å². The Kier molecular flexibility index (Phi) is 7.85. The Bertz CT molecular complexity index is 579. The van der Waals surface area contributed by atoms with Crippen LogP contribution >= 0.6 is 0 Å². The summed E-state index contributed by atoms with van der Waals surface area (Å²) < 4.78 is 0. The van der Waals surface area contributed by atoms with Gasteiger partial charge in [0.25, 0.3) is 11.4 Å². The maximum absolute atomic E-state index is 10.0. The number of hydrogen-bond donors (Lipinski definition) is 2. The van der Waals surface area contributed by atoms with Crippen molar-refractivity contribution in [1.29, 1.82) is 0 Å². The largest absolute Gasteiger partial charge is 0.508 e. The van der Waals surface area contributed by atoms with Gasteiger partial charge in [-0.15, -0.1) is 0 Å². The Morgan fingerprint density at radius 2 is 1.10 bits per heavy atom. The van der Waals surface area contributed by atoms with Crippen LogP contribution in [0.25, 0.3) is 0 Å². The molecule has 0 heterocycles. The fourth-order valence-electron chi connectivity index (χ4n) is 1.21. The Morgan fingerprint density at radius 3 is 1.29 bits per heavy atom. The molecule has 0 atom stereocenters. The second-order valence-electron chi connectivity index (χ2n) is 3.55. The number of non-ortho nitro benzene ring substituents is 2. The van der Waals surface area contributed by atoms with Crippen LogP contribution in [0.5, 0.6) is 11.5 Å². The minimum Gasteiger partial charge on any atom is -0.508 e. The number of benzene rings is 2. The summed E-state index contributed by atoms with van der Waals surface area (Å²) in [4.78, 5) is 19.0.